The van der Waals surface area contributed by atoms with Gasteiger partial charge in [0.2, 0.25) is 5.91 Å². The van der Waals surface area contributed by atoms with Crippen LogP contribution in [0.1, 0.15) is 17.0 Å². The van der Waals surface area contributed by atoms with Crippen LogP contribution in [0.2, 0.25) is 0 Å². The first-order valence-electron chi connectivity index (χ1n) is 7.38. The number of hydrogen-bond donors (Lipinski definition) is 2. The van der Waals surface area contributed by atoms with Gasteiger partial charge in [-0.3, -0.25) is 4.79 Å². The smallest absolute Gasteiger partial charge is 0.225 e. The van der Waals surface area contributed by atoms with E-state index in [2.05, 4.69) is 16.4 Å². The number of nitrogens with one attached hydrogen (secondary N) is 1. The van der Waals surface area contributed by atoms with Crippen molar-refractivity contribution in [2.24, 2.45) is 5.73 Å². The number of hydrogen-bond acceptors (Lipinski definition) is 4. The lowest BCUT2D eigenvalue weighted by Crippen LogP contribution is -2.15. The van der Waals surface area contributed by atoms with Crippen molar-refractivity contribution in [1.29, 1.82) is 0 Å². The molecule has 0 aliphatic rings. The molecular weight excluding hydrogens is 306 g/mol. The number of anilines is 1. The lowest BCUT2D eigenvalue weighted by Gasteiger charge is -2.04. The van der Waals surface area contributed by atoms with Gasteiger partial charge in [0.25, 0.3) is 0 Å². The van der Waals surface area contributed by atoms with E-state index in [1.165, 1.54) is 4.70 Å². The predicted octanol–water partition coefficient (Wildman–Crippen LogP) is 3.75. The lowest BCUT2D eigenvalue weighted by atomic mass is 10.2. The fourth-order valence-corrected chi connectivity index (χ4v) is 3.03. The topological polar surface area (TPSA) is 68.0 Å². The third-order valence-corrected chi connectivity index (χ3v) is 4.30. The molecule has 0 aliphatic heterocycles. The van der Waals surface area contributed by atoms with Crippen LogP contribution in [0, 0.1) is 0 Å². The zero-order valence-electron chi connectivity index (χ0n) is 12.5. The molecule has 0 bridgehead atoms. The summed E-state index contributed by atoms with van der Waals surface area (Å²) in [7, 11) is 0. The molecule has 1 aromatic heterocycles. The summed E-state index contributed by atoms with van der Waals surface area (Å²) in [6, 6.07) is 15.8. The highest BCUT2D eigenvalue weighted by atomic mass is 32.1. The summed E-state index contributed by atoms with van der Waals surface area (Å²) >= 11 is 1.67. The Bertz CT molecular complexity index is 804. The molecule has 0 atom stereocenters. The summed E-state index contributed by atoms with van der Waals surface area (Å²) in [5.74, 6) is -0.0646. The normalized spacial score (nSPS) is 11.2. The molecule has 1 amide bonds. The van der Waals surface area contributed by atoms with E-state index < -0.39 is 0 Å². The first-order chi connectivity index (χ1) is 11.2. The van der Waals surface area contributed by atoms with Crippen molar-refractivity contribution in [2.75, 3.05) is 11.9 Å². The molecule has 4 nitrogen and oxygen atoms in total. The van der Waals surface area contributed by atoms with Gasteiger partial charge < -0.3 is 11.1 Å². The van der Waals surface area contributed by atoms with Crippen molar-refractivity contribution >= 4 is 45.3 Å². The van der Waals surface area contributed by atoms with E-state index in [-0.39, 0.29) is 5.91 Å². The number of para-hydroxylation sites is 1. The molecule has 3 aromatic rings. The van der Waals surface area contributed by atoms with Crippen molar-refractivity contribution in [1.82, 2.24) is 4.98 Å². The molecular formula is C18H17N3OS. The van der Waals surface area contributed by atoms with Crippen LogP contribution in [-0.2, 0) is 4.79 Å². The fourth-order valence-electron chi connectivity index (χ4n) is 2.16. The number of nitrogens with two attached hydrogens (primary N) is 1. The second-order valence-corrected chi connectivity index (χ2v) is 6.12. The maximum Gasteiger partial charge on any atom is 0.225 e. The summed E-state index contributed by atoms with van der Waals surface area (Å²) in [6.07, 6.45) is 4.36. The second kappa shape index (κ2) is 7.17. The Morgan fingerprint density at radius 2 is 1.91 bits per heavy atom. The standard InChI is InChI=1S/C18H17N3OS/c19-12-11-17(22)20-14-8-5-13(6-9-14)7-10-18-21-15-3-1-2-4-16(15)23-18/h1-10H,11-12,19H2,(H,20,22). The Kier molecular flexibility index (Phi) is 4.80. The minimum atomic E-state index is -0.0646. The van der Waals surface area contributed by atoms with E-state index >= 15 is 0 Å². The molecule has 116 valence electrons. The van der Waals surface area contributed by atoms with Crippen molar-refractivity contribution in [3.8, 4) is 0 Å². The Labute approximate surface area is 138 Å². The number of nitrogens with zero attached hydrogens (tertiary/aromatic N) is 1. The average molecular weight is 323 g/mol. The SMILES string of the molecule is NCCC(=O)Nc1ccc(C=Cc2nc3ccccc3s2)cc1. The Morgan fingerprint density at radius 1 is 1.13 bits per heavy atom. The predicted molar refractivity (Wildman–Crippen MR) is 97.3 cm³/mol. The van der Waals surface area contributed by atoms with Crippen molar-refractivity contribution in [2.45, 2.75) is 6.42 Å². The largest absolute Gasteiger partial charge is 0.330 e. The maximum absolute atomic E-state index is 11.5. The van der Waals surface area contributed by atoms with Gasteiger partial charge in [-0.2, -0.15) is 0 Å². The highest BCUT2D eigenvalue weighted by Crippen LogP contribution is 2.23. The zero-order valence-corrected chi connectivity index (χ0v) is 13.3. The second-order valence-electron chi connectivity index (χ2n) is 5.06. The van der Waals surface area contributed by atoms with Crippen LogP contribution in [0.3, 0.4) is 0 Å². The van der Waals surface area contributed by atoms with Crippen LogP contribution in [-0.4, -0.2) is 17.4 Å². The van der Waals surface area contributed by atoms with Gasteiger partial charge in [0.05, 0.1) is 10.2 Å². The van der Waals surface area contributed by atoms with Crippen LogP contribution in [0.4, 0.5) is 5.69 Å². The molecule has 5 heteroatoms. The molecule has 0 fully saturated rings. The molecule has 0 saturated heterocycles. The molecule has 0 spiro atoms. The van der Waals surface area contributed by atoms with Crippen LogP contribution < -0.4 is 11.1 Å². The van der Waals surface area contributed by atoms with Gasteiger partial charge in [0.15, 0.2) is 0 Å². The van der Waals surface area contributed by atoms with Gasteiger partial charge in [-0.25, -0.2) is 4.98 Å². The number of thiazole rings is 1. The van der Waals surface area contributed by atoms with Gasteiger partial charge >= 0.3 is 0 Å². The van der Waals surface area contributed by atoms with Gasteiger partial charge in [-0.05, 0) is 35.9 Å². The van der Waals surface area contributed by atoms with Gasteiger partial charge in [0.1, 0.15) is 5.01 Å². The highest BCUT2D eigenvalue weighted by molar-refractivity contribution is 7.19. The van der Waals surface area contributed by atoms with Crippen LogP contribution in [0.5, 0.6) is 0 Å². The van der Waals surface area contributed by atoms with Crippen LogP contribution in [0.25, 0.3) is 22.4 Å². The summed E-state index contributed by atoms with van der Waals surface area (Å²) < 4.78 is 1.19. The molecule has 1 heterocycles. The molecule has 0 aliphatic carbocycles. The number of fused-ring (bicyclic) bond motifs is 1. The van der Waals surface area contributed by atoms with E-state index in [0.717, 1.165) is 21.8 Å². The quantitative estimate of drug-likeness (QED) is 0.751. The maximum atomic E-state index is 11.5. The minimum absolute atomic E-state index is 0.0646. The average Bonchev–Trinajstić information content (AvgIpc) is 2.97. The van der Waals surface area contributed by atoms with Gasteiger partial charge in [-0.15, -0.1) is 11.3 Å². The van der Waals surface area contributed by atoms with E-state index in [0.29, 0.717) is 13.0 Å². The van der Waals surface area contributed by atoms with Crippen molar-refractivity contribution in [3.05, 3.63) is 59.1 Å². The zero-order chi connectivity index (χ0) is 16.1. The van der Waals surface area contributed by atoms with E-state index in [4.69, 9.17) is 5.73 Å². The lowest BCUT2D eigenvalue weighted by molar-refractivity contribution is -0.116. The summed E-state index contributed by atoms with van der Waals surface area (Å²) in [4.78, 5) is 16.0. The van der Waals surface area contributed by atoms with Crippen LogP contribution in [0.15, 0.2) is 48.5 Å². The molecule has 23 heavy (non-hydrogen) atoms. The molecule has 0 radical (unpaired) electrons. The molecule has 0 unspecified atom stereocenters. The number of rotatable bonds is 5. The third kappa shape index (κ3) is 4.03. The van der Waals surface area contributed by atoms with E-state index in [1.807, 2.05) is 54.6 Å². The monoisotopic (exact) mass is 323 g/mol. The summed E-state index contributed by atoms with van der Waals surface area (Å²) in [5.41, 5.74) is 8.21. The number of benzene rings is 2. The Hall–Kier alpha value is -2.50. The highest BCUT2D eigenvalue weighted by Gasteiger charge is 2.01. The summed E-state index contributed by atoms with van der Waals surface area (Å²) in [6.45, 7) is 0.356. The number of carbonyl (C=O) groups excluding carboxylic acids is 1. The first-order valence-corrected chi connectivity index (χ1v) is 8.20. The first kappa shape index (κ1) is 15.4. The molecule has 3 rings (SSSR count). The van der Waals surface area contributed by atoms with Crippen LogP contribution >= 0.6 is 11.3 Å². The Balaban J connectivity index is 1.68. The number of amides is 1. The summed E-state index contributed by atoms with van der Waals surface area (Å²) in [5, 5.41) is 3.79. The van der Waals surface area contributed by atoms with Gasteiger partial charge in [0, 0.05) is 18.7 Å². The fraction of sp³-hybridized carbons (Fsp3) is 0.111. The van der Waals surface area contributed by atoms with E-state index in [1.54, 1.807) is 11.3 Å². The Morgan fingerprint density at radius 3 is 2.65 bits per heavy atom. The molecule has 2 aromatic carbocycles. The van der Waals surface area contributed by atoms with Gasteiger partial charge in [-0.1, -0.05) is 30.3 Å². The molecule has 3 N–H and O–H groups in total. The van der Waals surface area contributed by atoms with Crippen molar-refractivity contribution in [3.63, 3.8) is 0 Å². The molecule has 0 saturated carbocycles. The van der Waals surface area contributed by atoms with Crippen molar-refractivity contribution < 1.29 is 4.79 Å². The van der Waals surface area contributed by atoms with E-state index in [9.17, 15) is 4.79 Å². The number of aromatic nitrogens is 1. The third-order valence-electron chi connectivity index (χ3n) is 3.29. The minimum Gasteiger partial charge on any atom is -0.330 e. The number of carbonyl (C=O) groups is 1.